The fraction of sp³-hybridized carbons (Fsp3) is 0. The maximum atomic E-state index is 12.4. The third-order valence-electron chi connectivity index (χ3n) is 3.85. The molecule has 0 bridgehead atoms. The van der Waals surface area contributed by atoms with Crippen molar-refractivity contribution in [1.82, 2.24) is 0 Å². The van der Waals surface area contributed by atoms with Crippen LogP contribution in [0.15, 0.2) is 59.5 Å². The molecule has 0 aliphatic carbocycles. The highest BCUT2D eigenvalue weighted by Crippen LogP contribution is 2.37. The van der Waals surface area contributed by atoms with E-state index in [4.69, 9.17) is 0 Å². The second kappa shape index (κ2) is 6.67. The molecule has 1 amide bonds. The minimum absolute atomic E-state index is 0.0411. The predicted octanol–water partition coefficient (Wildman–Crippen LogP) is 2.95. The molecule has 0 saturated heterocycles. The van der Waals surface area contributed by atoms with Gasteiger partial charge in [-0.1, -0.05) is 24.3 Å². The average Bonchev–Trinajstić information content (AvgIpc) is 2.63. The number of nitro benzene ring substituents is 1. The van der Waals surface area contributed by atoms with Crippen molar-refractivity contribution in [2.45, 2.75) is 4.90 Å². The number of carbonyl (C=O) groups excluding carboxylic acids is 1. The maximum Gasteiger partial charge on any atom is 0.298 e. The molecule has 0 aliphatic heterocycles. The zero-order valence-corrected chi connectivity index (χ0v) is 14.3. The Bertz CT molecular complexity index is 1170. The van der Waals surface area contributed by atoms with E-state index in [-0.39, 0.29) is 22.3 Å². The Labute approximate surface area is 152 Å². The van der Waals surface area contributed by atoms with E-state index in [1.54, 1.807) is 18.2 Å². The lowest BCUT2D eigenvalue weighted by Gasteiger charge is -2.13. The number of nitrogens with one attached hydrogen (secondary N) is 1. The Balaban J connectivity index is 2.07. The molecule has 3 aromatic rings. The fourth-order valence-corrected chi connectivity index (χ4v) is 3.18. The molecule has 10 heteroatoms. The van der Waals surface area contributed by atoms with Crippen LogP contribution in [0.3, 0.4) is 0 Å². The molecular weight excluding hydrogens is 376 g/mol. The number of fused-ring (bicyclic) bond motifs is 1. The van der Waals surface area contributed by atoms with E-state index in [1.807, 2.05) is 0 Å². The van der Waals surface area contributed by atoms with Crippen molar-refractivity contribution in [2.24, 2.45) is 0 Å². The molecule has 3 N–H and O–H groups in total. The van der Waals surface area contributed by atoms with Gasteiger partial charge in [0.15, 0.2) is 0 Å². The van der Waals surface area contributed by atoms with Crippen molar-refractivity contribution in [1.29, 1.82) is 0 Å². The maximum absolute atomic E-state index is 12.4. The third kappa shape index (κ3) is 3.57. The molecule has 0 heterocycles. The highest BCUT2D eigenvalue weighted by atomic mass is 32.2. The van der Waals surface area contributed by atoms with E-state index in [2.05, 4.69) is 5.32 Å². The number of aromatic hydroxyl groups is 1. The SMILES string of the molecule is O=C(Nc1cc(S(=O)(=O)O)c(O)c2ccccc12)c1ccc([N+](=O)[O-])cc1. The average molecular weight is 388 g/mol. The molecule has 3 aromatic carbocycles. The summed E-state index contributed by atoms with van der Waals surface area (Å²) in [6.07, 6.45) is 0. The Kier molecular flexibility index (Phi) is 4.52. The third-order valence-corrected chi connectivity index (χ3v) is 4.71. The van der Waals surface area contributed by atoms with Crippen LogP contribution in [0, 0.1) is 10.1 Å². The van der Waals surface area contributed by atoms with Gasteiger partial charge in [0.05, 0.1) is 10.6 Å². The van der Waals surface area contributed by atoms with Crippen LogP contribution in [-0.4, -0.2) is 28.9 Å². The Morgan fingerprint density at radius 3 is 2.19 bits per heavy atom. The van der Waals surface area contributed by atoms with Crippen molar-refractivity contribution < 1.29 is 27.8 Å². The van der Waals surface area contributed by atoms with Crippen molar-refractivity contribution >= 4 is 38.2 Å². The zero-order chi connectivity index (χ0) is 19.8. The summed E-state index contributed by atoms with van der Waals surface area (Å²) in [5.74, 6) is -1.29. The smallest absolute Gasteiger partial charge is 0.298 e. The number of carbonyl (C=O) groups is 1. The van der Waals surface area contributed by atoms with Crippen LogP contribution in [0.5, 0.6) is 5.75 Å². The molecule has 0 atom stereocenters. The molecule has 0 aromatic heterocycles. The number of hydrogen-bond donors (Lipinski definition) is 3. The van der Waals surface area contributed by atoms with Gasteiger partial charge in [0.2, 0.25) is 0 Å². The minimum Gasteiger partial charge on any atom is -0.506 e. The largest absolute Gasteiger partial charge is 0.506 e. The first kappa shape index (κ1) is 18.3. The topological polar surface area (TPSA) is 147 Å². The Morgan fingerprint density at radius 1 is 1.04 bits per heavy atom. The highest BCUT2D eigenvalue weighted by molar-refractivity contribution is 7.86. The highest BCUT2D eigenvalue weighted by Gasteiger charge is 2.21. The molecule has 9 nitrogen and oxygen atoms in total. The van der Waals surface area contributed by atoms with Gasteiger partial charge < -0.3 is 10.4 Å². The molecule has 138 valence electrons. The van der Waals surface area contributed by atoms with Crippen molar-refractivity contribution in [3.05, 3.63) is 70.3 Å². The fourth-order valence-electron chi connectivity index (χ4n) is 2.56. The number of rotatable bonds is 4. The van der Waals surface area contributed by atoms with Crippen molar-refractivity contribution in [3.63, 3.8) is 0 Å². The number of non-ortho nitro benzene ring substituents is 1. The lowest BCUT2D eigenvalue weighted by atomic mass is 10.1. The van der Waals surface area contributed by atoms with Gasteiger partial charge >= 0.3 is 0 Å². The molecule has 0 saturated carbocycles. The summed E-state index contributed by atoms with van der Waals surface area (Å²) in [6.45, 7) is 0. The van der Waals surface area contributed by atoms with E-state index in [9.17, 15) is 33.0 Å². The molecule has 0 unspecified atom stereocenters. The summed E-state index contributed by atoms with van der Waals surface area (Å²) >= 11 is 0. The zero-order valence-electron chi connectivity index (χ0n) is 13.5. The van der Waals surface area contributed by atoms with Gasteiger partial charge in [-0.3, -0.25) is 19.5 Å². The molecular formula is C17H12N2O7S. The number of phenols is 1. The van der Waals surface area contributed by atoms with Crippen LogP contribution in [0.25, 0.3) is 10.8 Å². The number of amides is 1. The number of phenolic OH excluding ortho intramolecular Hbond substituents is 1. The summed E-state index contributed by atoms with van der Waals surface area (Å²) in [4.78, 5) is 21.8. The molecule has 0 radical (unpaired) electrons. The molecule has 0 spiro atoms. The van der Waals surface area contributed by atoms with Gasteiger partial charge in [0.25, 0.3) is 21.7 Å². The van der Waals surface area contributed by atoms with E-state index in [1.165, 1.54) is 18.2 Å². The van der Waals surface area contributed by atoms with Gasteiger partial charge in [-0.25, -0.2) is 0 Å². The van der Waals surface area contributed by atoms with Crippen LogP contribution in [0.1, 0.15) is 10.4 Å². The normalized spacial score (nSPS) is 11.3. The first-order valence-electron chi connectivity index (χ1n) is 7.46. The van der Waals surface area contributed by atoms with Crippen LogP contribution in [-0.2, 0) is 10.1 Å². The Hall–Kier alpha value is -3.50. The number of anilines is 1. The van der Waals surface area contributed by atoms with E-state index < -0.39 is 31.6 Å². The summed E-state index contributed by atoms with van der Waals surface area (Å²) in [7, 11) is -4.74. The van der Waals surface area contributed by atoms with Gasteiger partial charge in [-0.15, -0.1) is 0 Å². The summed E-state index contributed by atoms with van der Waals surface area (Å²) < 4.78 is 32.4. The molecule has 3 rings (SSSR count). The lowest BCUT2D eigenvalue weighted by molar-refractivity contribution is -0.384. The number of benzene rings is 3. The molecule has 27 heavy (non-hydrogen) atoms. The van der Waals surface area contributed by atoms with Gasteiger partial charge in [0, 0.05) is 28.5 Å². The van der Waals surface area contributed by atoms with E-state index in [0.29, 0.717) is 5.39 Å². The molecule has 0 aliphatic rings. The van der Waals surface area contributed by atoms with Gasteiger partial charge in [-0.05, 0) is 18.2 Å². The summed E-state index contributed by atoms with van der Waals surface area (Å²) in [5, 5.41) is 23.8. The van der Waals surface area contributed by atoms with E-state index in [0.717, 1.165) is 18.2 Å². The Morgan fingerprint density at radius 2 is 1.63 bits per heavy atom. The van der Waals surface area contributed by atoms with Crippen molar-refractivity contribution in [3.8, 4) is 5.75 Å². The van der Waals surface area contributed by atoms with Gasteiger partial charge in [0.1, 0.15) is 10.6 Å². The van der Waals surface area contributed by atoms with Gasteiger partial charge in [-0.2, -0.15) is 8.42 Å². The van der Waals surface area contributed by atoms with Crippen LogP contribution in [0.4, 0.5) is 11.4 Å². The molecule has 0 fully saturated rings. The lowest BCUT2D eigenvalue weighted by Crippen LogP contribution is -2.13. The monoisotopic (exact) mass is 388 g/mol. The van der Waals surface area contributed by atoms with E-state index >= 15 is 0 Å². The predicted molar refractivity (Wildman–Crippen MR) is 96.5 cm³/mol. The first-order valence-corrected chi connectivity index (χ1v) is 8.90. The van der Waals surface area contributed by atoms with Crippen molar-refractivity contribution in [2.75, 3.05) is 5.32 Å². The minimum atomic E-state index is -4.74. The summed E-state index contributed by atoms with van der Waals surface area (Å²) in [6, 6.07) is 11.9. The summed E-state index contributed by atoms with van der Waals surface area (Å²) in [5.41, 5.74) is -0.0409. The van der Waals surface area contributed by atoms with Crippen LogP contribution < -0.4 is 5.32 Å². The second-order valence-corrected chi connectivity index (χ2v) is 6.94. The number of hydrogen-bond acceptors (Lipinski definition) is 6. The number of nitrogens with zero attached hydrogens (tertiary/aromatic N) is 1. The second-order valence-electron chi connectivity index (χ2n) is 5.55. The standard InChI is InChI=1S/C17H12N2O7S/c20-16-13-4-2-1-3-12(13)14(9-15(16)27(24,25)26)18-17(21)10-5-7-11(8-6-10)19(22)23/h1-9,20H,(H,18,21)(H,24,25,26). The first-order chi connectivity index (χ1) is 12.7. The quantitative estimate of drug-likeness (QED) is 0.269. The van der Waals surface area contributed by atoms with Crippen LogP contribution >= 0.6 is 0 Å². The number of nitro groups is 1. The van der Waals surface area contributed by atoms with Crippen LogP contribution in [0.2, 0.25) is 0 Å².